The Hall–Kier alpha value is -2.93. The maximum atomic E-state index is 13.7. The standard InChI is InChI=1S/C21H20ClFN4O2/c1-13-5-6-14(11-18(13)23)25-21(29)26-9-7-15(8-10-26)27-12-24-19-16(20(27)28)3-2-4-17(19)22/h2-6,11-12,15H,7-10H2,1H3,(H,25,29). The monoisotopic (exact) mass is 414 g/mol. The summed E-state index contributed by atoms with van der Waals surface area (Å²) in [5, 5.41) is 3.66. The normalized spacial score (nSPS) is 14.9. The van der Waals surface area contributed by atoms with Crippen molar-refractivity contribution in [2.24, 2.45) is 0 Å². The van der Waals surface area contributed by atoms with Crippen LogP contribution in [0.1, 0.15) is 24.4 Å². The molecular weight excluding hydrogens is 395 g/mol. The molecule has 2 aromatic carbocycles. The number of nitrogens with zero attached hydrogens (tertiary/aromatic N) is 3. The van der Waals surface area contributed by atoms with Crippen molar-refractivity contribution in [3.8, 4) is 0 Å². The minimum atomic E-state index is -0.357. The predicted molar refractivity (Wildman–Crippen MR) is 111 cm³/mol. The van der Waals surface area contributed by atoms with Crippen molar-refractivity contribution in [2.45, 2.75) is 25.8 Å². The zero-order valence-corrected chi connectivity index (χ0v) is 16.6. The van der Waals surface area contributed by atoms with E-state index in [2.05, 4.69) is 10.3 Å². The number of halogens is 2. The molecule has 0 aliphatic carbocycles. The fourth-order valence-electron chi connectivity index (χ4n) is 3.61. The van der Waals surface area contributed by atoms with Crippen LogP contribution in [-0.4, -0.2) is 33.6 Å². The quantitative estimate of drug-likeness (QED) is 0.677. The number of anilines is 1. The van der Waals surface area contributed by atoms with Gasteiger partial charge in [0.1, 0.15) is 5.82 Å². The van der Waals surface area contributed by atoms with Gasteiger partial charge in [0.2, 0.25) is 0 Å². The third kappa shape index (κ3) is 3.82. The molecule has 2 heterocycles. The Balaban J connectivity index is 1.45. The minimum absolute atomic E-state index is 0.0424. The molecule has 150 valence electrons. The second-order valence-electron chi connectivity index (χ2n) is 7.21. The Labute approximate surface area is 171 Å². The smallest absolute Gasteiger partial charge is 0.321 e. The number of aryl methyl sites for hydroxylation is 1. The van der Waals surface area contributed by atoms with Gasteiger partial charge in [0.25, 0.3) is 5.56 Å². The predicted octanol–water partition coefficient (Wildman–Crippen LogP) is 4.37. The van der Waals surface area contributed by atoms with Crippen LogP contribution in [0.4, 0.5) is 14.9 Å². The van der Waals surface area contributed by atoms with Gasteiger partial charge in [-0.1, -0.05) is 23.7 Å². The number of fused-ring (bicyclic) bond motifs is 1. The molecule has 1 saturated heterocycles. The first kappa shape index (κ1) is 19.4. The van der Waals surface area contributed by atoms with E-state index < -0.39 is 0 Å². The summed E-state index contributed by atoms with van der Waals surface area (Å²) in [7, 11) is 0. The topological polar surface area (TPSA) is 67.2 Å². The molecule has 8 heteroatoms. The van der Waals surface area contributed by atoms with Crippen LogP contribution >= 0.6 is 11.6 Å². The van der Waals surface area contributed by atoms with Gasteiger partial charge in [0.05, 0.1) is 22.3 Å². The molecule has 0 bridgehead atoms. The van der Waals surface area contributed by atoms with Crippen LogP contribution in [-0.2, 0) is 0 Å². The number of para-hydroxylation sites is 1. The van der Waals surface area contributed by atoms with E-state index in [4.69, 9.17) is 11.6 Å². The summed E-state index contributed by atoms with van der Waals surface area (Å²) >= 11 is 6.12. The van der Waals surface area contributed by atoms with Crippen LogP contribution in [0.5, 0.6) is 0 Å². The molecule has 2 amide bonds. The number of aromatic nitrogens is 2. The molecular formula is C21H20ClFN4O2. The van der Waals surface area contributed by atoms with Gasteiger partial charge < -0.3 is 10.2 Å². The van der Waals surface area contributed by atoms with E-state index in [0.717, 1.165) is 0 Å². The number of rotatable bonds is 2. The summed E-state index contributed by atoms with van der Waals surface area (Å²) in [5.74, 6) is -0.357. The van der Waals surface area contributed by atoms with E-state index in [1.165, 1.54) is 12.4 Å². The lowest BCUT2D eigenvalue weighted by atomic mass is 10.0. The number of amides is 2. The number of piperidine rings is 1. The summed E-state index contributed by atoms with van der Waals surface area (Å²) in [5.41, 5.74) is 1.32. The van der Waals surface area contributed by atoms with E-state index in [-0.39, 0.29) is 23.4 Å². The third-order valence-electron chi connectivity index (χ3n) is 5.33. The van der Waals surface area contributed by atoms with Gasteiger partial charge in [0.15, 0.2) is 0 Å². The number of carbonyl (C=O) groups is 1. The molecule has 0 saturated carbocycles. The van der Waals surface area contributed by atoms with Crippen LogP contribution < -0.4 is 10.9 Å². The second-order valence-corrected chi connectivity index (χ2v) is 7.61. The number of hydrogen-bond acceptors (Lipinski definition) is 3. The van der Waals surface area contributed by atoms with Crippen molar-refractivity contribution in [1.29, 1.82) is 0 Å². The van der Waals surface area contributed by atoms with Crippen molar-refractivity contribution in [1.82, 2.24) is 14.5 Å². The van der Waals surface area contributed by atoms with Crippen molar-refractivity contribution in [2.75, 3.05) is 18.4 Å². The van der Waals surface area contributed by atoms with Gasteiger partial charge in [-0.3, -0.25) is 9.36 Å². The van der Waals surface area contributed by atoms with Crippen molar-refractivity contribution >= 4 is 34.2 Å². The lowest BCUT2D eigenvalue weighted by molar-refractivity contribution is 0.182. The molecule has 1 N–H and O–H groups in total. The van der Waals surface area contributed by atoms with E-state index in [1.807, 2.05) is 0 Å². The van der Waals surface area contributed by atoms with Crippen molar-refractivity contribution in [3.63, 3.8) is 0 Å². The fourth-order valence-corrected chi connectivity index (χ4v) is 3.83. The second kappa shape index (κ2) is 7.83. The number of urea groups is 1. The number of carbonyl (C=O) groups excluding carboxylic acids is 1. The van der Waals surface area contributed by atoms with Gasteiger partial charge in [-0.15, -0.1) is 0 Å². The number of nitrogens with one attached hydrogen (secondary N) is 1. The first-order valence-corrected chi connectivity index (χ1v) is 9.79. The van der Waals surface area contributed by atoms with Gasteiger partial charge >= 0.3 is 6.03 Å². The molecule has 1 fully saturated rings. The maximum absolute atomic E-state index is 13.7. The van der Waals surface area contributed by atoms with Gasteiger partial charge in [-0.2, -0.15) is 0 Å². The minimum Gasteiger partial charge on any atom is -0.324 e. The van der Waals surface area contributed by atoms with Gasteiger partial charge in [-0.05, 0) is 49.6 Å². The highest BCUT2D eigenvalue weighted by Gasteiger charge is 2.25. The lowest BCUT2D eigenvalue weighted by Crippen LogP contribution is -2.42. The molecule has 29 heavy (non-hydrogen) atoms. The average molecular weight is 415 g/mol. The molecule has 3 aromatic rings. The Morgan fingerprint density at radius 3 is 2.72 bits per heavy atom. The zero-order valence-electron chi connectivity index (χ0n) is 15.9. The van der Waals surface area contributed by atoms with E-state index >= 15 is 0 Å². The maximum Gasteiger partial charge on any atom is 0.321 e. The van der Waals surface area contributed by atoms with Gasteiger partial charge in [0, 0.05) is 24.8 Å². The van der Waals surface area contributed by atoms with Crippen molar-refractivity contribution in [3.05, 3.63) is 69.5 Å². The summed E-state index contributed by atoms with van der Waals surface area (Å²) in [6, 6.07) is 9.46. The Kier molecular flexibility index (Phi) is 5.24. The number of benzene rings is 2. The van der Waals surface area contributed by atoms with E-state index in [9.17, 15) is 14.0 Å². The molecule has 0 unspecified atom stereocenters. The van der Waals surface area contributed by atoms with Crippen LogP contribution in [0, 0.1) is 12.7 Å². The first-order valence-electron chi connectivity index (χ1n) is 9.41. The molecule has 6 nitrogen and oxygen atoms in total. The molecule has 1 aliphatic heterocycles. The summed E-state index contributed by atoms with van der Waals surface area (Å²) < 4.78 is 15.3. The van der Waals surface area contributed by atoms with Crippen LogP contribution in [0.2, 0.25) is 5.02 Å². The Morgan fingerprint density at radius 1 is 1.24 bits per heavy atom. The Morgan fingerprint density at radius 2 is 2.00 bits per heavy atom. The molecule has 0 spiro atoms. The van der Waals surface area contributed by atoms with Crippen LogP contribution in [0.25, 0.3) is 10.9 Å². The molecule has 1 aromatic heterocycles. The summed E-state index contributed by atoms with van der Waals surface area (Å²) in [6.07, 6.45) is 2.79. The average Bonchev–Trinajstić information content (AvgIpc) is 2.72. The third-order valence-corrected chi connectivity index (χ3v) is 5.64. The number of hydrogen-bond donors (Lipinski definition) is 1. The first-order chi connectivity index (χ1) is 13.9. The number of likely N-dealkylation sites (tertiary alicyclic amines) is 1. The SMILES string of the molecule is Cc1ccc(NC(=O)N2CCC(n3cnc4c(Cl)cccc4c3=O)CC2)cc1F. The molecule has 0 atom stereocenters. The van der Waals surface area contributed by atoms with E-state index in [1.54, 1.807) is 46.7 Å². The van der Waals surface area contributed by atoms with Crippen LogP contribution in [0.3, 0.4) is 0 Å². The molecule has 0 radical (unpaired) electrons. The Bertz CT molecular complexity index is 1140. The zero-order chi connectivity index (χ0) is 20.5. The summed E-state index contributed by atoms with van der Waals surface area (Å²) in [4.78, 5) is 31.3. The van der Waals surface area contributed by atoms with Gasteiger partial charge in [-0.25, -0.2) is 14.2 Å². The highest BCUT2D eigenvalue weighted by Crippen LogP contribution is 2.24. The molecule has 1 aliphatic rings. The summed E-state index contributed by atoms with van der Waals surface area (Å²) in [6.45, 7) is 2.65. The largest absolute Gasteiger partial charge is 0.324 e. The highest BCUT2D eigenvalue weighted by atomic mass is 35.5. The fraction of sp³-hybridized carbons (Fsp3) is 0.286. The molecule has 4 rings (SSSR count). The highest BCUT2D eigenvalue weighted by molar-refractivity contribution is 6.34. The van der Waals surface area contributed by atoms with E-state index in [0.29, 0.717) is 53.1 Å². The van der Waals surface area contributed by atoms with Crippen LogP contribution in [0.15, 0.2) is 47.5 Å². The van der Waals surface area contributed by atoms with Crippen molar-refractivity contribution < 1.29 is 9.18 Å². The lowest BCUT2D eigenvalue weighted by Gasteiger charge is -2.32.